The molecule has 2 unspecified atom stereocenters. The van der Waals surface area contributed by atoms with Crippen LogP contribution in [0.25, 0.3) is 0 Å². The Morgan fingerprint density at radius 2 is 2.43 bits per heavy atom. The largest absolute Gasteiger partial charge is 0.316 e. The Bertz CT molecular complexity index is 135. The highest BCUT2D eigenvalue weighted by Gasteiger charge is 2.11. The summed E-state index contributed by atoms with van der Waals surface area (Å²) in [5.74, 6) is 3.41. The van der Waals surface area contributed by atoms with Crippen molar-refractivity contribution in [1.82, 2.24) is 10.6 Å². The molecule has 0 spiro atoms. The van der Waals surface area contributed by atoms with Crippen molar-refractivity contribution in [3.8, 4) is 0 Å². The Balaban J connectivity index is 1.92. The molecule has 0 aliphatic carbocycles. The third kappa shape index (κ3) is 5.23. The van der Waals surface area contributed by atoms with Gasteiger partial charge in [0.1, 0.15) is 0 Å². The fourth-order valence-corrected chi connectivity index (χ4v) is 2.57. The van der Waals surface area contributed by atoms with Crippen molar-refractivity contribution in [3.05, 3.63) is 0 Å². The van der Waals surface area contributed by atoms with Crippen LogP contribution in [0.5, 0.6) is 0 Å². The molecule has 0 saturated carbocycles. The Kier molecular flexibility index (Phi) is 6.65. The molecule has 1 saturated heterocycles. The minimum absolute atomic E-state index is 0.748. The van der Waals surface area contributed by atoms with Crippen LogP contribution in [0.15, 0.2) is 0 Å². The molecule has 2 nitrogen and oxygen atoms in total. The van der Waals surface area contributed by atoms with Gasteiger partial charge in [0.25, 0.3) is 0 Å². The molecular formula is C11H24N2S. The number of thioether (sulfide) groups is 1. The molecule has 2 N–H and O–H groups in total. The standard InChI is InChI=1S/C11H24N2S/c1-3-10(2)8-12-5-4-11-9-14-7-6-13-11/h10-13H,3-9H2,1-2H3. The normalized spacial score (nSPS) is 24.9. The van der Waals surface area contributed by atoms with Crippen LogP contribution in [0.3, 0.4) is 0 Å². The summed E-state index contributed by atoms with van der Waals surface area (Å²) in [5, 5.41) is 7.09. The van der Waals surface area contributed by atoms with E-state index in [-0.39, 0.29) is 0 Å². The SMILES string of the molecule is CCC(C)CNCCC1CSCCN1. The second kappa shape index (κ2) is 7.55. The van der Waals surface area contributed by atoms with Gasteiger partial charge < -0.3 is 10.6 Å². The molecule has 0 bridgehead atoms. The summed E-state index contributed by atoms with van der Waals surface area (Å²) in [6.07, 6.45) is 2.56. The van der Waals surface area contributed by atoms with E-state index in [0.717, 1.165) is 12.0 Å². The van der Waals surface area contributed by atoms with E-state index < -0.39 is 0 Å². The van der Waals surface area contributed by atoms with E-state index in [9.17, 15) is 0 Å². The summed E-state index contributed by atoms with van der Waals surface area (Å²) < 4.78 is 0. The van der Waals surface area contributed by atoms with Crippen molar-refractivity contribution < 1.29 is 0 Å². The summed E-state index contributed by atoms with van der Waals surface area (Å²) in [4.78, 5) is 0. The fraction of sp³-hybridized carbons (Fsp3) is 1.00. The molecule has 1 aliphatic rings. The van der Waals surface area contributed by atoms with Gasteiger partial charge in [-0.2, -0.15) is 11.8 Å². The van der Waals surface area contributed by atoms with Crippen LogP contribution in [0.1, 0.15) is 26.7 Å². The van der Waals surface area contributed by atoms with Gasteiger partial charge in [0.15, 0.2) is 0 Å². The first kappa shape index (κ1) is 12.3. The molecule has 0 aromatic rings. The highest BCUT2D eigenvalue weighted by Crippen LogP contribution is 2.09. The van der Waals surface area contributed by atoms with Gasteiger partial charge in [0, 0.05) is 24.1 Å². The van der Waals surface area contributed by atoms with E-state index in [1.165, 1.54) is 44.0 Å². The molecule has 1 fully saturated rings. The number of rotatable bonds is 6. The Labute approximate surface area is 92.6 Å². The van der Waals surface area contributed by atoms with E-state index in [1.54, 1.807) is 0 Å². The van der Waals surface area contributed by atoms with Crippen molar-refractivity contribution in [3.63, 3.8) is 0 Å². The molecule has 14 heavy (non-hydrogen) atoms. The topological polar surface area (TPSA) is 24.1 Å². The summed E-state index contributed by atoms with van der Waals surface area (Å²) in [7, 11) is 0. The van der Waals surface area contributed by atoms with Gasteiger partial charge in [-0.3, -0.25) is 0 Å². The van der Waals surface area contributed by atoms with Gasteiger partial charge in [-0.15, -0.1) is 0 Å². The van der Waals surface area contributed by atoms with E-state index >= 15 is 0 Å². The molecule has 0 aromatic heterocycles. The zero-order valence-corrected chi connectivity index (χ0v) is 10.3. The second-order valence-electron chi connectivity index (χ2n) is 4.23. The average molecular weight is 216 g/mol. The predicted octanol–water partition coefficient (Wildman–Crippen LogP) is 1.72. The third-order valence-corrected chi connectivity index (χ3v) is 3.99. The van der Waals surface area contributed by atoms with Crippen molar-refractivity contribution in [1.29, 1.82) is 0 Å². The molecule has 1 aliphatic heterocycles. The van der Waals surface area contributed by atoms with Gasteiger partial charge in [-0.25, -0.2) is 0 Å². The van der Waals surface area contributed by atoms with Crippen LogP contribution in [0.4, 0.5) is 0 Å². The summed E-state index contributed by atoms with van der Waals surface area (Å²) in [5.41, 5.74) is 0. The number of hydrogen-bond donors (Lipinski definition) is 2. The number of hydrogen-bond acceptors (Lipinski definition) is 3. The van der Waals surface area contributed by atoms with Gasteiger partial charge >= 0.3 is 0 Å². The van der Waals surface area contributed by atoms with Crippen molar-refractivity contribution >= 4 is 11.8 Å². The van der Waals surface area contributed by atoms with E-state index in [2.05, 4.69) is 36.2 Å². The van der Waals surface area contributed by atoms with Crippen LogP contribution in [0, 0.1) is 5.92 Å². The Morgan fingerprint density at radius 3 is 3.07 bits per heavy atom. The monoisotopic (exact) mass is 216 g/mol. The van der Waals surface area contributed by atoms with Crippen molar-refractivity contribution in [2.45, 2.75) is 32.7 Å². The summed E-state index contributed by atoms with van der Waals surface area (Å²) in [6, 6.07) is 0.748. The van der Waals surface area contributed by atoms with Crippen molar-refractivity contribution in [2.75, 3.05) is 31.1 Å². The lowest BCUT2D eigenvalue weighted by Crippen LogP contribution is -2.39. The molecular weight excluding hydrogens is 192 g/mol. The lowest BCUT2D eigenvalue weighted by Gasteiger charge is -2.23. The zero-order valence-electron chi connectivity index (χ0n) is 9.51. The average Bonchev–Trinajstić information content (AvgIpc) is 2.25. The first-order valence-corrected chi connectivity index (χ1v) is 7.00. The van der Waals surface area contributed by atoms with E-state index in [1.807, 2.05) is 0 Å². The first-order chi connectivity index (χ1) is 6.83. The van der Waals surface area contributed by atoms with Gasteiger partial charge in [-0.1, -0.05) is 20.3 Å². The minimum Gasteiger partial charge on any atom is -0.316 e. The van der Waals surface area contributed by atoms with Crippen LogP contribution in [-0.2, 0) is 0 Å². The highest BCUT2D eigenvalue weighted by molar-refractivity contribution is 7.99. The maximum atomic E-state index is 3.56. The third-order valence-electron chi connectivity index (χ3n) is 2.86. The summed E-state index contributed by atoms with van der Waals surface area (Å²) in [6.45, 7) is 8.10. The molecule has 0 aromatic carbocycles. The molecule has 0 radical (unpaired) electrons. The Morgan fingerprint density at radius 1 is 1.57 bits per heavy atom. The lowest BCUT2D eigenvalue weighted by molar-refractivity contribution is 0.461. The minimum atomic E-state index is 0.748. The zero-order chi connectivity index (χ0) is 10.2. The van der Waals surface area contributed by atoms with E-state index in [4.69, 9.17) is 0 Å². The maximum Gasteiger partial charge on any atom is 0.0170 e. The highest BCUT2D eigenvalue weighted by atomic mass is 32.2. The fourth-order valence-electron chi connectivity index (χ4n) is 1.57. The lowest BCUT2D eigenvalue weighted by atomic mass is 10.1. The van der Waals surface area contributed by atoms with Gasteiger partial charge in [0.2, 0.25) is 0 Å². The van der Waals surface area contributed by atoms with Crippen LogP contribution < -0.4 is 10.6 Å². The van der Waals surface area contributed by atoms with Gasteiger partial charge in [0.05, 0.1) is 0 Å². The number of nitrogens with one attached hydrogen (secondary N) is 2. The quantitative estimate of drug-likeness (QED) is 0.661. The van der Waals surface area contributed by atoms with Crippen LogP contribution in [0.2, 0.25) is 0 Å². The smallest absolute Gasteiger partial charge is 0.0170 e. The summed E-state index contributed by atoms with van der Waals surface area (Å²) >= 11 is 2.08. The van der Waals surface area contributed by atoms with Crippen molar-refractivity contribution in [2.24, 2.45) is 5.92 Å². The maximum absolute atomic E-state index is 3.56. The second-order valence-corrected chi connectivity index (χ2v) is 5.38. The Hall–Kier alpha value is 0.270. The molecule has 1 rings (SSSR count). The molecule has 3 heteroatoms. The van der Waals surface area contributed by atoms with Crippen LogP contribution in [-0.4, -0.2) is 37.2 Å². The molecule has 1 heterocycles. The predicted molar refractivity (Wildman–Crippen MR) is 66.1 cm³/mol. The van der Waals surface area contributed by atoms with E-state index in [0.29, 0.717) is 0 Å². The molecule has 0 amide bonds. The first-order valence-electron chi connectivity index (χ1n) is 5.84. The molecule has 2 atom stereocenters. The van der Waals surface area contributed by atoms with Gasteiger partial charge in [-0.05, 0) is 25.4 Å². The molecule has 84 valence electrons. The van der Waals surface area contributed by atoms with Crippen LogP contribution >= 0.6 is 11.8 Å².